The van der Waals surface area contributed by atoms with E-state index >= 15 is 0 Å². The van der Waals surface area contributed by atoms with Crippen LogP contribution in [0.25, 0.3) is 11.5 Å². The molecule has 1 aromatic carbocycles. The molecule has 0 atom stereocenters. The van der Waals surface area contributed by atoms with Crippen LogP contribution < -0.4 is 14.2 Å². The van der Waals surface area contributed by atoms with Gasteiger partial charge in [-0.1, -0.05) is 0 Å². The summed E-state index contributed by atoms with van der Waals surface area (Å²) >= 11 is 0. The van der Waals surface area contributed by atoms with Crippen molar-refractivity contribution in [2.75, 3.05) is 14.2 Å². The number of rotatable bonds is 7. The molecule has 0 unspecified atom stereocenters. The first kappa shape index (κ1) is 17.9. The van der Waals surface area contributed by atoms with Gasteiger partial charge in [0, 0.05) is 18.5 Å². The zero-order chi connectivity index (χ0) is 18.6. The lowest BCUT2D eigenvalue weighted by molar-refractivity contribution is 0.386. The monoisotopic (exact) mass is 375 g/mol. The van der Waals surface area contributed by atoms with Crippen molar-refractivity contribution in [3.05, 3.63) is 54.7 Å². The maximum Gasteiger partial charge on any atom is 0.244 e. The van der Waals surface area contributed by atoms with Crippen LogP contribution in [0.3, 0.4) is 0 Å². The van der Waals surface area contributed by atoms with E-state index < -0.39 is 10.0 Å². The molecule has 3 aromatic rings. The van der Waals surface area contributed by atoms with E-state index in [4.69, 9.17) is 13.9 Å². The van der Waals surface area contributed by atoms with E-state index in [1.54, 1.807) is 18.2 Å². The van der Waals surface area contributed by atoms with Crippen LogP contribution in [-0.4, -0.2) is 32.6 Å². The second-order valence-electron chi connectivity index (χ2n) is 5.17. The third-order valence-corrected chi connectivity index (χ3v) is 5.06. The van der Waals surface area contributed by atoms with Gasteiger partial charge in [0.1, 0.15) is 22.1 Å². The van der Waals surface area contributed by atoms with Crippen LogP contribution in [0.2, 0.25) is 0 Å². The van der Waals surface area contributed by atoms with Crippen molar-refractivity contribution in [2.24, 2.45) is 0 Å². The molecule has 0 amide bonds. The fourth-order valence-electron chi connectivity index (χ4n) is 2.35. The quantitative estimate of drug-likeness (QED) is 0.675. The highest BCUT2D eigenvalue weighted by Gasteiger charge is 2.21. The first-order valence-electron chi connectivity index (χ1n) is 7.60. The Morgan fingerprint density at radius 3 is 2.62 bits per heavy atom. The second-order valence-corrected chi connectivity index (χ2v) is 6.91. The lowest BCUT2D eigenvalue weighted by Gasteiger charge is -2.12. The topological polar surface area (TPSA) is 104 Å². The number of aromatic nitrogens is 2. The minimum Gasteiger partial charge on any atom is -0.497 e. The Kier molecular flexibility index (Phi) is 5.19. The summed E-state index contributed by atoms with van der Waals surface area (Å²) in [6.07, 6.45) is 4.52. The molecule has 0 aliphatic heterocycles. The lowest BCUT2D eigenvalue weighted by atomic mass is 10.2. The highest BCUT2D eigenvalue weighted by atomic mass is 32.2. The summed E-state index contributed by atoms with van der Waals surface area (Å²) in [4.78, 5) is 8.42. The largest absolute Gasteiger partial charge is 0.497 e. The second kappa shape index (κ2) is 7.54. The molecule has 1 N–H and O–H groups in total. The molecule has 0 saturated heterocycles. The number of hydrogen-bond acceptors (Lipinski definition) is 7. The van der Waals surface area contributed by atoms with Crippen molar-refractivity contribution in [1.82, 2.24) is 14.7 Å². The summed E-state index contributed by atoms with van der Waals surface area (Å²) in [6, 6.07) is 7.93. The molecular formula is C17H17N3O5S. The van der Waals surface area contributed by atoms with Gasteiger partial charge in [0.25, 0.3) is 0 Å². The third-order valence-electron chi connectivity index (χ3n) is 3.62. The predicted octanol–water partition coefficient (Wildman–Crippen LogP) is 2.23. The van der Waals surface area contributed by atoms with Crippen LogP contribution in [0, 0.1) is 0 Å². The number of nitrogens with one attached hydrogen (secondary N) is 1. The van der Waals surface area contributed by atoms with E-state index in [1.165, 1.54) is 45.0 Å². The van der Waals surface area contributed by atoms with E-state index in [1.807, 2.05) is 0 Å². The highest BCUT2D eigenvalue weighted by molar-refractivity contribution is 7.89. The maximum atomic E-state index is 12.7. The van der Waals surface area contributed by atoms with E-state index in [9.17, 15) is 8.42 Å². The van der Waals surface area contributed by atoms with Crippen molar-refractivity contribution < 1.29 is 22.3 Å². The highest BCUT2D eigenvalue weighted by Crippen LogP contribution is 2.28. The van der Waals surface area contributed by atoms with Crippen molar-refractivity contribution in [2.45, 2.75) is 11.4 Å². The van der Waals surface area contributed by atoms with Gasteiger partial charge in [0.15, 0.2) is 5.76 Å². The summed E-state index contributed by atoms with van der Waals surface area (Å²) < 4.78 is 43.5. The van der Waals surface area contributed by atoms with Crippen LogP contribution in [0.15, 0.2) is 58.3 Å². The molecule has 3 rings (SSSR count). The Hall–Kier alpha value is -2.91. The average Bonchev–Trinajstić information content (AvgIpc) is 3.20. The summed E-state index contributed by atoms with van der Waals surface area (Å²) in [5.41, 5.74) is 0.917. The fraction of sp³-hybridized carbons (Fsp3) is 0.176. The Morgan fingerprint density at radius 1 is 1.12 bits per heavy atom. The molecule has 0 saturated carbocycles. The van der Waals surface area contributed by atoms with Gasteiger partial charge in [0.2, 0.25) is 10.0 Å². The van der Waals surface area contributed by atoms with Crippen LogP contribution in [0.5, 0.6) is 11.5 Å². The molecule has 0 fully saturated rings. The van der Waals surface area contributed by atoms with Gasteiger partial charge >= 0.3 is 0 Å². The van der Waals surface area contributed by atoms with E-state index in [2.05, 4.69) is 14.7 Å². The predicted molar refractivity (Wildman–Crippen MR) is 93.3 cm³/mol. The molecule has 136 valence electrons. The average molecular weight is 375 g/mol. The van der Waals surface area contributed by atoms with Crippen LogP contribution in [0.4, 0.5) is 0 Å². The summed E-state index contributed by atoms with van der Waals surface area (Å²) in [5, 5.41) is 0. The Bertz CT molecular complexity index is 987. The van der Waals surface area contributed by atoms with Crippen LogP contribution in [-0.2, 0) is 16.6 Å². The summed E-state index contributed by atoms with van der Waals surface area (Å²) in [7, 11) is -0.955. The molecule has 8 nitrogen and oxygen atoms in total. The molecule has 0 radical (unpaired) electrons. The minimum absolute atomic E-state index is 0.00392. The minimum atomic E-state index is -3.84. The normalized spacial score (nSPS) is 11.3. The fourth-order valence-corrected chi connectivity index (χ4v) is 3.49. The van der Waals surface area contributed by atoms with Crippen molar-refractivity contribution in [1.29, 1.82) is 0 Å². The number of nitrogens with zero attached hydrogens (tertiary/aromatic N) is 2. The molecule has 26 heavy (non-hydrogen) atoms. The third kappa shape index (κ3) is 3.68. The number of sulfonamides is 1. The van der Waals surface area contributed by atoms with Gasteiger partial charge in [-0.3, -0.25) is 4.98 Å². The first-order chi connectivity index (χ1) is 12.5. The van der Waals surface area contributed by atoms with E-state index in [0.717, 1.165) is 0 Å². The maximum absolute atomic E-state index is 12.7. The number of methoxy groups -OCH3 is 2. The smallest absolute Gasteiger partial charge is 0.244 e. The summed E-state index contributed by atoms with van der Waals surface area (Å²) in [5.74, 6) is 1.19. The zero-order valence-corrected chi connectivity index (χ0v) is 15.0. The molecule has 0 aliphatic rings. The Labute approximate surface area is 150 Å². The van der Waals surface area contributed by atoms with Crippen LogP contribution in [0.1, 0.15) is 5.69 Å². The molecule has 2 aromatic heterocycles. The standard InChI is InChI=1S/C17H17N3O5S/c1-23-12-5-6-16(15(10-12)24-2)26(21,22)20-11-13-17(19-8-7-18-13)14-4-3-9-25-14/h3-10,20H,11H2,1-2H3. The number of ether oxygens (including phenoxy) is 2. The SMILES string of the molecule is COc1ccc(S(=O)(=O)NCc2nccnc2-c2ccco2)c(OC)c1. The Morgan fingerprint density at radius 2 is 1.92 bits per heavy atom. The van der Waals surface area contributed by atoms with Gasteiger partial charge in [0.05, 0.1) is 32.7 Å². The Balaban J connectivity index is 1.86. The number of furan rings is 1. The van der Waals surface area contributed by atoms with Gasteiger partial charge in [-0.15, -0.1) is 0 Å². The van der Waals surface area contributed by atoms with Gasteiger partial charge in [-0.05, 0) is 24.3 Å². The molecule has 0 spiro atoms. The molecular weight excluding hydrogens is 358 g/mol. The first-order valence-corrected chi connectivity index (χ1v) is 9.09. The number of benzene rings is 1. The summed E-state index contributed by atoms with van der Waals surface area (Å²) in [6.45, 7) is -0.0542. The van der Waals surface area contributed by atoms with Gasteiger partial charge in [-0.25, -0.2) is 18.1 Å². The molecule has 0 bridgehead atoms. The van der Waals surface area contributed by atoms with Crippen LogP contribution >= 0.6 is 0 Å². The van der Waals surface area contributed by atoms with Crippen molar-refractivity contribution in [3.63, 3.8) is 0 Å². The zero-order valence-electron chi connectivity index (χ0n) is 14.2. The number of hydrogen-bond donors (Lipinski definition) is 1. The van der Waals surface area contributed by atoms with E-state index in [0.29, 0.717) is 22.9 Å². The van der Waals surface area contributed by atoms with Crippen molar-refractivity contribution in [3.8, 4) is 23.0 Å². The molecule has 0 aliphatic carbocycles. The molecule has 2 heterocycles. The van der Waals surface area contributed by atoms with Gasteiger partial charge in [-0.2, -0.15) is 0 Å². The van der Waals surface area contributed by atoms with E-state index in [-0.39, 0.29) is 17.2 Å². The van der Waals surface area contributed by atoms with Crippen molar-refractivity contribution >= 4 is 10.0 Å². The van der Waals surface area contributed by atoms with Gasteiger partial charge < -0.3 is 13.9 Å². The lowest BCUT2D eigenvalue weighted by Crippen LogP contribution is -2.24. The molecule has 9 heteroatoms.